The van der Waals surface area contributed by atoms with E-state index < -0.39 is 22.9 Å². The highest BCUT2D eigenvalue weighted by molar-refractivity contribution is 7.87. The Hall–Kier alpha value is -0.380. The van der Waals surface area contributed by atoms with E-state index in [0.717, 1.165) is 23.8 Å². The summed E-state index contributed by atoms with van der Waals surface area (Å²) in [5.74, 6) is 0.200. The lowest BCUT2D eigenvalue weighted by Gasteiger charge is -2.21. The molecule has 106 valence electrons. The van der Waals surface area contributed by atoms with Gasteiger partial charge < -0.3 is 5.32 Å². The molecule has 0 saturated carbocycles. The smallest absolute Gasteiger partial charge is 0.316 e. The first-order valence-electron chi connectivity index (χ1n) is 5.82. The average Bonchev–Trinajstić information content (AvgIpc) is 2.80. The van der Waals surface area contributed by atoms with Gasteiger partial charge in [0.1, 0.15) is 6.54 Å². The van der Waals surface area contributed by atoms with Crippen LogP contribution in [0, 0.1) is 5.92 Å². The number of nitrogens with zero attached hydrogens (tertiary/aromatic N) is 2. The van der Waals surface area contributed by atoms with Crippen molar-refractivity contribution in [1.29, 1.82) is 0 Å². The van der Waals surface area contributed by atoms with E-state index in [2.05, 4.69) is 5.32 Å². The van der Waals surface area contributed by atoms with Gasteiger partial charge in [0.05, 0.1) is 0 Å². The van der Waals surface area contributed by atoms with Crippen molar-refractivity contribution in [3.05, 3.63) is 0 Å². The third-order valence-corrected chi connectivity index (χ3v) is 5.18. The zero-order valence-electron chi connectivity index (χ0n) is 9.78. The number of nitrogens with one attached hydrogen (secondary N) is 1. The van der Waals surface area contributed by atoms with Gasteiger partial charge in [0.2, 0.25) is 0 Å². The SMILES string of the molecule is O=S1(=O)N(CC2CCNC2)CCN1CC(F)(F)F. The highest BCUT2D eigenvalue weighted by atomic mass is 32.2. The molecule has 2 aliphatic heterocycles. The number of halogens is 3. The molecule has 0 aromatic rings. The Balaban J connectivity index is 1.98. The maximum atomic E-state index is 12.2. The molecule has 0 bridgehead atoms. The predicted molar refractivity (Wildman–Crippen MR) is 59.1 cm³/mol. The minimum atomic E-state index is -4.49. The molecule has 0 aromatic carbocycles. The summed E-state index contributed by atoms with van der Waals surface area (Å²) < 4.78 is 62.2. The molecule has 2 heterocycles. The van der Waals surface area contributed by atoms with Gasteiger partial charge in [-0.3, -0.25) is 0 Å². The Bertz CT molecular complexity index is 392. The summed E-state index contributed by atoms with van der Waals surface area (Å²) in [6.07, 6.45) is -3.62. The third-order valence-electron chi connectivity index (χ3n) is 3.23. The molecule has 2 aliphatic rings. The van der Waals surface area contributed by atoms with Crippen molar-refractivity contribution in [3.8, 4) is 0 Å². The summed E-state index contributed by atoms with van der Waals surface area (Å²) in [6, 6.07) is 0. The van der Waals surface area contributed by atoms with Gasteiger partial charge in [-0.05, 0) is 25.4 Å². The van der Waals surface area contributed by atoms with E-state index in [1.807, 2.05) is 0 Å². The van der Waals surface area contributed by atoms with Crippen LogP contribution < -0.4 is 5.32 Å². The monoisotopic (exact) mass is 287 g/mol. The second kappa shape index (κ2) is 4.95. The first kappa shape index (κ1) is 14.0. The Kier molecular flexibility index (Phi) is 3.86. The van der Waals surface area contributed by atoms with E-state index in [9.17, 15) is 21.6 Å². The second-order valence-corrected chi connectivity index (χ2v) is 6.60. The number of rotatable bonds is 3. The van der Waals surface area contributed by atoms with Crippen molar-refractivity contribution in [1.82, 2.24) is 13.9 Å². The van der Waals surface area contributed by atoms with Crippen LogP contribution in [-0.2, 0) is 10.2 Å². The summed E-state index contributed by atoms with van der Waals surface area (Å²) in [6.45, 7) is 0.547. The number of hydrogen-bond acceptors (Lipinski definition) is 3. The molecule has 1 unspecified atom stereocenters. The topological polar surface area (TPSA) is 52.7 Å². The molecule has 0 aromatic heterocycles. The Labute approximate surface area is 104 Å². The van der Waals surface area contributed by atoms with Crippen molar-refractivity contribution in [2.45, 2.75) is 12.6 Å². The number of alkyl halides is 3. The highest BCUT2D eigenvalue weighted by Crippen LogP contribution is 2.25. The van der Waals surface area contributed by atoms with E-state index in [1.165, 1.54) is 0 Å². The molecule has 2 saturated heterocycles. The lowest BCUT2D eigenvalue weighted by Crippen LogP contribution is -2.40. The molecule has 0 spiro atoms. The molecule has 2 fully saturated rings. The molecular weight excluding hydrogens is 271 g/mol. The van der Waals surface area contributed by atoms with Crippen molar-refractivity contribution in [2.24, 2.45) is 5.92 Å². The number of hydrogen-bond donors (Lipinski definition) is 1. The largest absolute Gasteiger partial charge is 0.402 e. The summed E-state index contributed by atoms with van der Waals surface area (Å²) in [5.41, 5.74) is 0. The molecule has 2 rings (SSSR count). The van der Waals surface area contributed by atoms with Gasteiger partial charge in [-0.1, -0.05) is 0 Å². The van der Waals surface area contributed by atoms with E-state index in [1.54, 1.807) is 0 Å². The van der Waals surface area contributed by atoms with Crippen LogP contribution in [0.15, 0.2) is 0 Å². The molecule has 0 radical (unpaired) electrons. The van der Waals surface area contributed by atoms with Crippen molar-refractivity contribution >= 4 is 10.2 Å². The Morgan fingerprint density at radius 3 is 2.44 bits per heavy atom. The van der Waals surface area contributed by atoms with E-state index in [4.69, 9.17) is 0 Å². The van der Waals surface area contributed by atoms with Crippen LogP contribution in [0.25, 0.3) is 0 Å². The molecule has 5 nitrogen and oxygen atoms in total. The molecule has 9 heteroatoms. The fourth-order valence-electron chi connectivity index (χ4n) is 2.32. The van der Waals surface area contributed by atoms with E-state index >= 15 is 0 Å². The summed E-state index contributed by atoms with van der Waals surface area (Å²) in [7, 11) is -3.93. The van der Waals surface area contributed by atoms with Crippen LogP contribution in [0.4, 0.5) is 13.2 Å². The van der Waals surface area contributed by atoms with E-state index in [-0.39, 0.29) is 19.0 Å². The van der Waals surface area contributed by atoms with Crippen LogP contribution in [0.5, 0.6) is 0 Å². The molecule has 0 amide bonds. The average molecular weight is 287 g/mol. The third kappa shape index (κ3) is 3.14. The minimum Gasteiger partial charge on any atom is -0.316 e. The Morgan fingerprint density at radius 1 is 1.22 bits per heavy atom. The summed E-state index contributed by atoms with van der Waals surface area (Å²) in [5, 5.41) is 3.11. The highest BCUT2D eigenvalue weighted by Gasteiger charge is 2.43. The first-order chi connectivity index (χ1) is 8.29. The lowest BCUT2D eigenvalue weighted by atomic mass is 10.1. The van der Waals surface area contributed by atoms with Crippen LogP contribution in [-0.4, -0.2) is 62.5 Å². The fraction of sp³-hybridized carbons (Fsp3) is 1.00. The standard InChI is InChI=1S/C9H16F3N3O2S/c10-9(11,12)7-15-4-3-14(18(15,16)17)6-8-1-2-13-5-8/h8,13H,1-7H2. The summed E-state index contributed by atoms with van der Waals surface area (Å²) >= 11 is 0. The van der Waals surface area contributed by atoms with Gasteiger partial charge >= 0.3 is 6.18 Å². The van der Waals surface area contributed by atoms with Crippen LogP contribution in [0.3, 0.4) is 0 Å². The van der Waals surface area contributed by atoms with Gasteiger partial charge in [0.15, 0.2) is 0 Å². The first-order valence-corrected chi connectivity index (χ1v) is 7.21. The van der Waals surface area contributed by atoms with E-state index in [0.29, 0.717) is 10.8 Å². The van der Waals surface area contributed by atoms with Crippen LogP contribution >= 0.6 is 0 Å². The molecule has 18 heavy (non-hydrogen) atoms. The molecule has 1 atom stereocenters. The summed E-state index contributed by atoms with van der Waals surface area (Å²) in [4.78, 5) is 0. The molecule has 1 N–H and O–H groups in total. The van der Waals surface area contributed by atoms with Crippen molar-refractivity contribution < 1.29 is 21.6 Å². The van der Waals surface area contributed by atoms with Crippen molar-refractivity contribution in [2.75, 3.05) is 39.3 Å². The quantitative estimate of drug-likeness (QED) is 0.796. The fourth-order valence-corrected chi connectivity index (χ4v) is 3.98. The zero-order chi connectivity index (χ0) is 13.4. The van der Waals surface area contributed by atoms with Crippen molar-refractivity contribution in [3.63, 3.8) is 0 Å². The maximum Gasteiger partial charge on any atom is 0.402 e. The minimum absolute atomic E-state index is 0.0814. The lowest BCUT2D eigenvalue weighted by molar-refractivity contribution is -0.135. The maximum absolute atomic E-state index is 12.2. The second-order valence-electron chi connectivity index (χ2n) is 4.67. The predicted octanol–water partition coefficient (Wildman–Crippen LogP) is 0.0206. The van der Waals surface area contributed by atoms with Crippen LogP contribution in [0.2, 0.25) is 0 Å². The van der Waals surface area contributed by atoms with Crippen LogP contribution in [0.1, 0.15) is 6.42 Å². The molecular formula is C9H16F3N3O2S. The van der Waals surface area contributed by atoms with Gasteiger partial charge in [-0.2, -0.15) is 30.2 Å². The van der Waals surface area contributed by atoms with Gasteiger partial charge in [0.25, 0.3) is 10.2 Å². The van der Waals surface area contributed by atoms with Gasteiger partial charge in [0, 0.05) is 19.6 Å². The van der Waals surface area contributed by atoms with Gasteiger partial charge in [-0.25, -0.2) is 0 Å². The van der Waals surface area contributed by atoms with Gasteiger partial charge in [-0.15, -0.1) is 0 Å². The normalized spacial score (nSPS) is 30.1. The molecule has 0 aliphatic carbocycles. The Morgan fingerprint density at radius 2 is 1.89 bits per heavy atom. The zero-order valence-corrected chi connectivity index (χ0v) is 10.6.